The molecule has 0 amide bonds. The Bertz CT molecular complexity index is 729. The van der Waals surface area contributed by atoms with E-state index in [1.54, 1.807) is 18.1 Å². The van der Waals surface area contributed by atoms with Gasteiger partial charge in [-0.25, -0.2) is 4.98 Å². The summed E-state index contributed by atoms with van der Waals surface area (Å²) in [4.78, 5) is 11.1. The Morgan fingerprint density at radius 2 is 2.04 bits per heavy atom. The predicted molar refractivity (Wildman–Crippen MR) is 104 cm³/mol. The summed E-state index contributed by atoms with van der Waals surface area (Å²) in [6.07, 6.45) is 3.81. The highest BCUT2D eigenvalue weighted by molar-refractivity contribution is 5.79. The summed E-state index contributed by atoms with van der Waals surface area (Å²) in [5.41, 5.74) is 2.81. The fourth-order valence-corrected chi connectivity index (χ4v) is 3.29. The molecule has 0 spiro atoms. The van der Waals surface area contributed by atoms with E-state index in [9.17, 15) is 0 Å². The van der Waals surface area contributed by atoms with Gasteiger partial charge in [0.05, 0.1) is 6.54 Å². The highest BCUT2D eigenvalue weighted by atomic mass is 15.3. The first kappa shape index (κ1) is 18.4. The number of aryl methyl sites for hydroxylation is 2. The van der Waals surface area contributed by atoms with E-state index in [1.807, 2.05) is 7.05 Å². The van der Waals surface area contributed by atoms with Gasteiger partial charge in [0.1, 0.15) is 12.2 Å². The topological polar surface area (TPSA) is 70.4 Å². The van der Waals surface area contributed by atoms with Gasteiger partial charge in [-0.2, -0.15) is 5.10 Å². The molecule has 0 aliphatic carbocycles. The molecule has 140 valence electrons. The van der Waals surface area contributed by atoms with Crippen LogP contribution in [0.4, 0.5) is 0 Å². The maximum absolute atomic E-state index is 4.33. The lowest BCUT2D eigenvalue weighted by Gasteiger charge is -2.33. The van der Waals surface area contributed by atoms with E-state index in [1.165, 1.54) is 11.1 Å². The van der Waals surface area contributed by atoms with Crippen LogP contribution in [0.15, 0.2) is 35.6 Å². The van der Waals surface area contributed by atoms with Gasteiger partial charge in [-0.1, -0.05) is 24.3 Å². The maximum Gasteiger partial charge on any atom is 0.191 e. The summed E-state index contributed by atoms with van der Waals surface area (Å²) in [7, 11) is 3.70. The van der Waals surface area contributed by atoms with Gasteiger partial charge in [0, 0.05) is 39.8 Å². The number of guanidine groups is 1. The van der Waals surface area contributed by atoms with Crippen LogP contribution in [-0.2, 0) is 20.1 Å². The van der Waals surface area contributed by atoms with Crippen molar-refractivity contribution in [1.29, 1.82) is 0 Å². The molecule has 1 aromatic carbocycles. The second-order valence-corrected chi connectivity index (χ2v) is 6.85. The highest BCUT2D eigenvalue weighted by Crippen LogP contribution is 2.16. The minimum atomic E-state index is 0.453. The standard InChI is InChI=1S/C19H29N7/c1-15-6-4-5-7-16(15)13-26-10-8-17(9-11-26)24-19(20-2)21-12-18-22-14-23-25(18)3/h4-7,14,17H,8-13H2,1-3H3,(H2,20,21,24). The molecule has 1 aliphatic heterocycles. The highest BCUT2D eigenvalue weighted by Gasteiger charge is 2.20. The van der Waals surface area contributed by atoms with Crippen molar-refractivity contribution in [2.45, 2.75) is 38.9 Å². The minimum Gasteiger partial charge on any atom is -0.354 e. The van der Waals surface area contributed by atoms with Crippen LogP contribution in [0.1, 0.15) is 29.8 Å². The fourth-order valence-electron chi connectivity index (χ4n) is 3.29. The third kappa shape index (κ3) is 4.82. The zero-order chi connectivity index (χ0) is 18.4. The van der Waals surface area contributed by atoms with Crippen molar-refractivity contribution < 1.29 is 0 Å². The van der Waals surface area contributed by atoms with Crippen LogP contribution in [-0.4, -0.2) is 51.8 Å². The van der Waals surface area contributed by atoms with Crippen molar-refractivity contribution in [2.75, 3.05) is 20.1 Å². The number of nitrogens with one attached hydrogen (secondary N) is 2. The van der Waals surface area contributed by atoms with E-state index in [0.29, 0.717) is 12.6 Å². The summed E-state index contributed by atoms with van der Waals surface area (Å²) >= 11 is 0. The summed E-state index contributed by atoms with van der Waals surface area (Å²) < 4.78 is 1.77. The number of rotatable bonds is 5. The molecule has 26 heavy (non-hydrogen) atoms. The first-order valence-corrected chi connectivity index (χ1v) is 9.22. The second-order valence-electron chi connectivity index (χ2n) is 6.85. The molecule has 3 rings (SSSR count). The van der Waals surface area contributed by atoms with E-state index in [0.717, 1.165) is 44.3 Å². The molecule has 7 heteroatoms. The Kier molecular flexibility index (Phi) is 6.22. The van der Waals surface area contributed by atoms with E-state index in [-0.39, 0.29) is 0 Å². The third-order valence-electron chi connectivity index (χ3n) is 5.03. The van der Waals surface area contributed by atoms with E-state index < -0.39 is 0 Å². The van der Waals surface area contributed by atoms with Crippen molar-refractivity contribution in [3.63, 3.8) is 0 Å². The van der Waals surface area contributed by atoms with Crippen molar-refractivity contribution >= 4 is 5.96 Å². The van der Waals surface area contributed by atoms with Gasteiger partial charge in [-0.15, -0.1) is 0 Å². The maximum atomic E-state index is 4.33. The third-order valence-corrected chi connectivity index (χ3v) is 5.03. The Labute approximate surface area is 155 Å². The first-order valence-electron chi connectivity index (χ1n) is 9.22. The number of aromatic nitrogens is 3. The van der Waals surface area contributed by atoms with Crippen LogP contribution in [0, 0.1) is 6.92 Å². The molecule has 7 nitrogen and oxygen atoms in total. The Balaban J connectivity index is 1.44. The van der Waals surface area contributed by atoms with Crippen LogP contribution in [0.25, 0.3) is 0 Å². The molecule has 0 bridgehead atoms. The SMILES string of the molecule is CN=C(NCc1ncnn1C)NC1CCN(Cc2ccccc2C)CC1. The van der Waals surface area contributed by atoms with Crippen LogP contribution in [0.5, 0.6) is 0 Å². The molecule has 0 unspecified atom stereocenters. The molecule has 1 aliphatic rings. The smallest absolute Gasteiger partial charge is 0.191 e. The van der Waals surface area contributed by atoms with E-state index in [4.69, 9.17) is 0 Å². The van der Waals surface area contributed by atoms with Crippen molar-refractivity contribution in [1.82, 2.24) is 30.3 Å². The predicted octanol–water partition coefficient (Wildman–Crippen LogP) is 1.45. The van der Waals surface area contributed by atoms with E-state index >= 15 is 0 Å². The largest absolute Gasteiger partial charge is 0.354 e. The molecule has 1 fully saturated rings. The molecule has 0 atom stereocenters. The Morgan fingerprint density at radius 1 is 1.27 bits per heavy atom. The summed E-state index contributed by atoms with van der Waals surface area (Å²) in [6.45, 7) is 6.05. The molecule has 1 aromatic heterocycles. The van der Waals surface area contributed by atoms with Crippen LogP contribution in [0.2, 0.25) is 0 Å². The van der Waals surface area contributed by atoms with Crippen LogP contribution >= 0.6 is 0 Å². The second kappa shape index (κ2) is 8.80. The molecule has 0 radical (unpaired) electrons. The summed E-state index contributed by atoms with van der Waals surface area (Å²) in [5, 5.41) is 10.9. The van der Waals surface area contributed by atoms with Crippen molar-refractivity contribution in [3.05, 3.63) is 47.5 Å². The Morgan fingerprint density at radius 3 is 2.69 bits per heavy atom. The zero-order valence-corrected chi connectivity index (χ0v) is 15.9. The monoisotopic (exact) mass is 355 g/mol. The molecular formula is C19H29N7. The van der Waals surface area contributed by atoms with Gasteiger partial charge >= 0.3 is 0 Å². The number of hydrogen-bond acceptors (Lipinski definition) is 4. The number of hydrogen-bond donors (Lipinski definition) is 2. The molecule has 2 heterocycles. The fraction of sp³-hybridized carbons (Fsp3) is 0.526. The lowest BCUT2D eigenvalue weighted by Crippen LogP contribution is -2.48. The van der Waals surface area contributed by atoms with E-state index in [2.05, 4.69) is 61.8 Å². The van der Waals surface area contributed by atoms with Gasteiger partial charge in [0.2, 0.25) is 0 Å². The van der Waals surface area contributed by atoms with Gasteiger partial charge < -0.3 is 10.6 Å². The van der Waals surface area contributed by atoms with Gasteiger partial charge in [0.25, 0.3) is 0 Å². The summed E-state index contributed by atoms with van der Waals surface area (Å²) in [5.74, 6) is 1.71. The number of benzene rings is 1. The molecule has 2 N–H and O–H groups in total. The minimum absolute atomic E-state index is 0.453. The molecule has 2 aromatic rings. The van der Waals surface area contributed by atoms with Crippen LogP contribution in [0.3, 0.4) is 0 Å². The quantitative estimate of drug-likeness (QED) is 0.628. The number of likely N-dealkylation sites (tertiary alicyclic amines) is 1. The van der Waals surface area contributed by atoms with Crippen molar-refractivity contribution in [3.8, 4) is 0 Å². The number of nitrogens with zero attached hydrogens (tertiary/aromatic N) is 5. The van der Waals surface area contributed by atoms with Gasteiger partial charge in [0.15, 0.2) is 5.96 Å². The lowest BCUT2D eigenvalue weighted by molar-refractivity contribution is 0.198. The molecule has 0 saturated carbocycles. The van der Waals surface area contributed by atoms with Gasteiger partial charge in [-0.05, 0) is 30.9 Å². The number of piperidine rings is 1. The molecule has 1 saturated heterocycles. The van der Waals surface area contributed by atoms with Crippen LogP contribution < -0.4 is 10.6 Å². The normalized spacial score (nSPS) is 16.7. The Hall–Kier alpha value is -2.41. The number of aliphatic imine (C=N–C) groups is 1. The molecular weight excluding hydrogens is 326 g/mol. The zero-order valence-electron chi connectivity index (χ0n) is 15.9. The summed E-state index contributed by atoms with van der Waals surface area (Å²) in [6, 6.07) is 9.11. The lowest BCUT2D eigenvalue weighted by atomic mass is 10.0. The average Bonchev–Trinajstić information content (AvgIpc) is 3.07. The first-order chi connectivity index (χ1) is 12.7. The van der Waals surface area contributed by atoms with Crippen molar-refractivity contribution in [2.24, 2.45) is 12.0 Å². The average molecular weight is 355 g/mol. The van der Waals surface area contributed by atoms with Gasteiger partial charge in [-0.3, -0.25) is 14.6 Å².